The third kappa shape index (κ3) is 7.88. The fourth-order valence-electron chi connectivity index (χ4n) is 6.06. The normalized spacial score (nSPS) is 14.7. The van der Waals surface area contributed by atoms with Crippen LogP contribution in [0.2, 0.25) is 5.02 Å². The summed E-state index contributed by atoms with van der Waals surface area (Å²) in [5, 5.41) is 1.97. The molecular weight excluding hydrogens is 558 g/mol. The number of fused-ring (bicyclic) bond motifs is 2. The number of benzene rings is 3. The number of esters is 1. The first-order chi connectivity index (χ1) is 21.0. The molecule has 1 unspecified atom stereocenters. The average molecular weight is 600 g/mol. The van der Waals surface area contributed by atoms with Crippen molar-refractivity contribution >= 4 is 34.5 Å². The Morgan fingerprint density at radius 3 is 2.63 bits per heavy atom. The van der Waals surface area contributed by atoms with Gasteiger partial charge in [0, 0.05) is 53.9 Å². The molecule has 1 N–H and O–H groups in total. The highest BCUT2D eigenvalue weighted by Gasteiger charge is 2.28. The minimum absolute atomic E-state index is 0.318. The zero-order valence-electron chi connectivity index (χ0n) is 25.4. The maximum absolute atomic E-state index is 11.6. The fraction of sp³-hybridized carbons (Fsp3) is 0.361. The summed E-state index contributed by atoms with van der Waals surface area (Å²) >= 11 is 6.23. The number of aryl methyl sites for hydroxylation is 1. The second-order valence-corrected chi connectivity index (χ2v) is 11.5. The largest absolute Gasteiger partial charge is 0.492 e. The average Bonchev–Trinajstić information content (AvgIpc) is 3.64. The molecule has 0 amide bonds. The van der Waals surface area contributed by atoms with Gasteiger partial charge in [-0.05, 0) is 90.5 Å². The molecule has 0 saturated carbocycles. The highest BCUT2D eigenvalue weighted by molar-refractivity contribution is 6.31. The first-order valence-corrected chi connectivity index (χ1v) is 15.7. The third-order valence-corrected chi connectivity index (χ3v) is 8.78. The predicted octanol–water partition coefficient (Wildman–Crippen LogP) is 7.46. The van der Waals surface area contributed by atoms with E-state index in [9.17, 15) is 4.79 Å². The maximum Gasteiger partial charge on any atom is 0.330 e. The van der Waals surface area contributed by atoms with Gasteiger partial charge in [-0.2, -0.15) is 0 Å². The van der Waals surface area contributed by atoms with Crippen LogP contribution in [0, 0.1) is 0 Å². The van der Waals surface area contributed by atoms with Crippen molar-refractivity contribution in [2.24, 2.45) is 0 Å². The van der Waals surface area contributed by atoms with E-state index < -0.39 is 0 Å². The molecule has 0 aliphatic heterocycles. The zero-order chi connectivity index (χ0) is 30.2. The summed E-state index contributed by atoms with van der Waals surface area (Å²) < 4.78 is 10.8. The molecule has 4 aromatic rings. The first kappa shape index (κ1) is 30.9. The van der Waals surface area contributed by atoms with Gasteiger partial charge in [0.05, 0.1) is 7.11 Å². The van der Waals surface area contributed by atoms with E-state index in [4.69, 9.17) is 21.1 Å². The molecule has 0 fully saturated rings. The van der Waals surface area contributed by atoms with Gasteiger partial charge in [0.15, 0.2) is 0 Å². The number of nitrogens with one attached hydrogen (secondary N) is 1. The smallest absolute Gasteiger partial charge is 0.330 e. The quantitative estimate of drug-likeness (QED) is 0.120. The lowest BCUT2D eigenvalue weighted by atomic mass is 10.0. The monoisotopic (exact) mass is 599 g/mol. The van der Waals surface area contributed by atoms with E-state index in [0.29, 0.717) is 12.6 Å². The number of hydrogen-bond donors (Lipinski definition) is 1. The molecule has 226 valence electrons. The van der Waals surface area contributed by atoms with Gasteiger partial charge in [-0.25, -0.2) is 4.79 Å². The van der Waals surface area contributed by atoms with E-state index >= 15 is 0 Å². The molecule has 0 bridgehead atoms. The van der Waals surface area contributed by atoms with E-state index in [1.54, 1.807) is 0 Å². The van der Waals surface area contributed by atoms with Gasteiger partial charge in [-0.1, -0.05) is 61.8 Å². The van der Waals surface area contributed by atoms with Crippen molar-refractivity contribution in [1.29, 1.82) is 0 Å². The van der Waals surface area contributed by atoms with Crippen LogP contribution in [-0.2, 0) is 28.9 Å². The molecule has 0 saturated heterocycles. The van der Waals surface area contributed by atoms with Gasteiger partial charge >= 0.3 is 5.97 Å². The minimum Gasteiger partial charge on any atom is -0.492 e. The number of rotatable bonds is 14. The number of aromatic amines is 1. The summed E-state index contributed by atoms with van der Waals surface area (Å²) in [4.78, 5) is 20.0. The summed E-state index contributed by atoms with van der Waals surface area (Å²) in [6.45, 7) is 9.84. The molecular formula is C36H42ClN3O3. The second-order valence-electron chi connectivity index (χ2n) is 11.1. The lowest BCUT2D eigenvalue weighted by Crippen LogP contribution is -2.29. The Balaban J connectivity index is 1.33. The Morgan fingerprint density at radius 2 is 1.86 bits per heavy atom. The summed E-state index contributed by atoms with van der Waals surface area (Å²) in [6, 6.07) is 21.5. The summed E-state index contributed by atoms with van der Waals surface area (Å²) in [5.41, 5.74) is 7.38. The predicted molar refractivity (Wildman–Crippen MR) is 176 cm³/mol. The van der Waals surface area contributed by atoms with Gasteiger partial charge in [0.1, 0.15) is 12.4 Å². The number of halogens is 1. The van der Waals surface area contributed by atoms with Crippen LogP contribution >= 0.6 is 11.6 Å². The van der Waals surface area contributed by atoms with Gasteiger partial charge < -0.3 is 19.4 Å². The molecule has 1 atom stereocenters. The topological polar surface area (TPSA) is 57.8 Å². The standard InChI is InChI=1S/C36H42ClN3O3/c1-4-39(5-2)20-21-43-31-12-6-27(7-13-31)25-40(19-18-29-24-38-34-23-30(37)11-15-32(29)34)35-16-10-28-22-26(8-14-33(28)35)9-17-36(41)42-3/h6-9,11-15,17,22-24,35,38H,4-5,10,16,18-21,25H2,1-3H3. The molecule has 1 aromatic heterocycles. The van der Waals surface area contributed by atoms with Crippen LogP contribution in [0.5, 0.6) is 5.75 Å². The molecule has 1 heterocycles. The van der Waals surface area contributed by atoms with Crippen molar-refractivity contribution in [3.05, 3.63) is 106 Å². The molecule has 0 spiro atoms. The number of nitrogens with zero attached hydrogens (tertiary/aromatic N) is 2. The Labute approximate surface area is 260 Å². The van der Waals surface area contributed by atoms with Gasteiger partial charge in [0.25, 0.3) is 0 Å². The molecule has 43 heavy (non-hydrogen) atoms. The molecule has 7 heteroatoms. The van der Waals surface area contributed by atoms with Crippen molar-refractivity contribution in [2.75, 3.05) is 39.9 Å². The van der Waals surface area contributed by atoms with Crippen LogP contribution in [0.1, 0.15) is 54.1 Å². The summed E-state index contributed by atoms with van der Waals surface area (Å²) in [5.74, 6) is 0.572. The van der Waals surface area contributed by atoms with Crippen LogP contribution < -0.4 is 4.74 Å². The Bertz CT molecular complexity index is 1540. The highest BCUT2D eigenvalue weighted by Crippen LogP contribution is 2.38. The van der Waals surface area contributed by atoms with Crippen LogP contribution in [0.4, 0.5) is 0 Å². The molecule has 5 rings (SSSR count). The van der Waals surface area contributed by atoms with Crippen molar-refractivity contribution in [1.82, 2.24) is 14.8 Å². The Hall–Kier alpha value is -3.58. The second kappa shape index (κ2) is 14.7. The van der Waals surface area contributed by atoms with Crippen LogP contribution in [0.25, 0.3) is 17.0 Å². The number of ether oxygens (including phenoxy) is 2. The van der Waals surface area contributed by atoms with Crippen LogP contribution in [0.3, 0.4) is 0 Å². The van der Waals surface area contributed by atoms with Crippen LogP contribution in [-0.4, -0.2) is 60.6 Å². The van der Waals surface area contributed by atoms with E-state index in [1.807, 2.05) is 18.2 Å². The Morgan fingerprint density at radius 1 is 1.05 bits per heavy atom. The van der Waals surface area contributed by atoms with Gasteiger partial charge in [-0.15, -0.1) is 0 Å². The van der Waals surface area contributed by atoms with Crippen molar-refractivity contribution < 1.29 is 14.3 Å². The van der Waals surface area contributed by atoms with Crippen molar-refractivity contribution in [2.45, 2.75) is 45.7 Å². The molecule has 6 nitrogen and oxygen atoms in total. The molecule has 1 aliphatic carbocycles. The summed E-state index contributed by atoms with van der Waals surface area (Å²) in [7, 11) is 1.40. The van der Waals surface area contributed by atoms with Crippen molar-refractivity contribution in [3.63, 3.8) is 0 Å². The number of aromatic nitrogens is 1. The number of methoxy groups -OCH3 is 1. The number of likely N-dealkylation sites (N-methyl/N-ethyl adjacent to an activating group) is 1. The maximum atomic E-state index is 11.6. The molecule has 0 radical (unpaired) electrons. The molecule has 1 aliphatic rings. The van der Waals surface area contributed by atoms with Crippen molar-refractivity contribution in [3.8, 4) is 5.75 Å². The number of hydrogen-bond acceptors (Lipinski definition) is 5. The third-order valence-electron chi connectivity index (χ3n) is 8.54. The van der Waals surface area contributed by atoms with E-state index in [-0.39, 0.29) is 5.97 Å². The first-order valence-electron chi connectivity index (χ1n) is 15.3. The van der Waals surface area contributed by atoms with E-state index in [1.165, 1.54) is 40.8 Å². The van der Waals surface area contributed by atoms with E-state index in [2.05, 4.69) is 83.4 Å². The minimum atomic E-state index is -0.343. The Kier molecular flexibility index (Phi) is 10.6. The summed E-state index contributed by atoms with van der Waals surface area (Å²) in [6.07, 6.45) is 8.43. The van der Waals surface area contributed by atoms with E-state index in [0.717, 1.165) is 73.8 Å². The highest BCUT2D eigenvalue weighted by atomic mass is 35.5. The number of carbonyl (C=O) groups is 1. The fourth-order valence-corrected chi connectivity index (χ4v) is 6.23. The van der Waals surface area contributed by atoms with Gasteiger partial charge in [0.2, 0.25) is 0 Å². The van der Waals surface area contributed by atoms with Gasteiger partial charge in [-0.3, -0.25) is 4.90 Å². The number of H-pyrrole nitrogens is 1. The van der Waals surface area contributed by atoms with Crippen LogP contribution in [0.15, 0.2) is 72.9 Å². The lowest BCUT2D eigenvalue weighted by molar-refractivity contribution is -0.134. The molecule has 3 aromatic carbocycles. The SMILES string of the molecule is CCN(CC)CCOc1ccc(CN(CCc2c[nH]c3cc(Cl)ccc23)C2CCc3cc(C=CC(=O)OC)ccc32)cc1. The lowest BCUT2D eigenvalue weighted by Gasteiger charge is -2.30. The zero-order valence-corrected chi connectivity index (χ0v) is 26.2. The number of carbonyl (C=O) groups excluding carboxylic acids is 1.